The third-order valence-electron chi connectivity index (χ3n) is 2.48. The van der Waals surface area contributed by atoms with Crippen molar-refractivity contribution in [2.45, 2.75) is 19.4 Å². The lowest BCUT2D eigenvalue weighted by molar-refractivity contribution is -0.118. The van der Waals surface area contributed by atoms with E-state index < -0.39 is 6.10 Å². The van der Waals surface area contributed by atoms with Gasteiger partial charge in [0.1, 0.15) is 5.75 Å². The molecule has 0 unspecified atom stereocenters. The van der Waals surface area contributed by atoms with Gasteiger partial charge in [-0.15, -0.1) is 0 Å². The van der Waals surface area contributed by atoms with Gasteiger partial charge >= 0.3 is 0 Å². The maximum Gasteiger partial charge on any atom is 0.262 e. The van der Waals surface area contributed by atoms with Gasteiger partial charge in [0, 0.05) is 10.6 Å². The van der Waals surface area contributed by atoms with Gasteiger partial charge in [0.2, 0.25) is 0 Å². The molecule has 2 N–H and O–H groups in total. The van der Waals surface area contributed by atoms with E-state index in [1.54, 1.807) is 12.1 Å². The van der Waals surface area contributed by atoms with Crippen molar-refractivity contribution in [3.05, 3.63) is 22.7 Å². The van der Waals surface area contributed by atoms with Crippen LogP contribution in [-0.2, 0) is 4.79 Å². The van der Waals surface area contributed by atoms with E-state index in [-0.39, 0.29) is 12.5 Å². The van der Waals surface area contributed by atoms with Gasteiger partial charge in [-0.05, 0) is 18.6 Å². The number of nitrogens with one attached hydrogen (secondary N) is 1. The van der Waals surface area contributed by atoms with Gasteiger partial charge in [0.05, 0.1) is 11.8 Å². The molecule has 4 nitrogen and oxygen atoms in total. The topological polar surface area (TPSA) is 58.6 Å². The second-order valence-corrected chi connectivity index (χ2v) is 4.04. The molecule has 0 saturated heterocycles. The standard InChI is InChI=1S/C11H12ClNO3/c1-2-9(14)6-3-10-8(4-7(6)12)13-11(15)5-16-10/h3-4,9,14H,2,5H2,1H3,(H,13,15)/t9-/m1/s1. The number of rotatable bonds is 2. The third-order valence-corrected chi connectivity index (χ3v) is 2.80. The Labute approximate surface area is 98.2 Å². The molecule has 0 saturated carbocycles. The van der Waals surface area contributed by atoms with Gasteiger partial charge in [-0.2, -0.15) is 0 Å². The monoisotopic (exact) mass is 241 g/mol. The van der Waals surface area contributed by atoms with Gasteiger partial charge in [-0.3, -0.25) is 4.79 Å². The normalized spacial score (nSPS) is 16.1. The molecule has 0 aliphatic carbocycles. The van der Waals surface area contributed by atoms with Crippen LogP contribution in [0.25, 0.3) is 0 Å². The summed E-state index contributed by atoms with van der Waals surface area (Å²) in [6.07, 6.45) is -0.0377. The van der Waals surface area contributed by atoms with Crippen LogP contribution in [0, 0.1) is 0 Å². The minimum atomic E-state index is -0.612. The van der Waals surface area contributed by atoms with Crippen molar-refractivity contribution in [2.24, 2.45) is 0 Å². The summed E-state index contributed by atoms with van der Waals surface area (Å²) in [7, 11) is 0. The zero-order valence-electron chi connectivity index (χ0n) is 8.79. The Kier molecular flexibility index (Phi) is 3.03. The molecule has 1 aliphatic rings. The first-order chi connectivity index (χ1) is 7.61. The fourth-order valence-corrected chi connectivity index (χ4v) is 1.88. The van der Waals surface area contributed by atoms with Crippen LogP contribution in [0.5, 0.6) is 5.75 Å². The first kappa shape index (κ1) is 11.2. The van der Waals surface area contributed by atoms with E-state index in [9.17, 15) is 9.90 Å². The Morgan fingerprint density at radius 1 is 1.62 bits per heavy atom. The van der Waals surface area contributed by atoms with Gasteiger partial charge in [0.25, 0.3) is 5.91 Å². The number of halogens is 1. The number of carbonyl (C=O) groups is 1. The molecule has 5 heteroatoms. The highest BCUT2D eigenvalue weighted by molar-refractivity contribution is 6.32. The number of aliphatic hydroxyl groups is 1. The fourth-order valence-electron chi connectivity index (χ4n) is 1.59. The van der Waals surface area contributed by atoms with Crippen molar-refractivity contribution in [2.75, 3.05) is 11.9 Å². The van der Waals surface area contributed by atoms with E-state index in [0.717, 1.165) is 0 Å². The Morgan fingerprint density at radius 2 is 2.38 bits per heavy atom. The van der Waals surface area contributed by atoms with Crippen LogP contribution in [0.3, 0.4) is 0 Å². The van der Waals surface area contributed by atoms with Crippen molar-refractivity contribution in [1.29, 1.82) is 0 Å². The van der Waals surface area contributed by atoms with Crippen molar-refractivity contribution in [3.8, 4) is 5.75 Å². The minimum Gasteiger partial charge on any atom is -0.482 e. The Hall–Kier alpha value is -1.26. The Morgan fingerprint density at radius 3 is 3.06 bits per heavy atom. The zero-order valence-corrected chi connectivity index (χ0v) is 9.54. The van der Waals surface area contributed by atoms with Crippen molar-refractivity contribution < 1.29 is 14.6 Å². The second kappa shape index (κ2) is 4.31. The molecule has 0 radical (unpaired) electrons. The largest absolute Gasteiger partial charge is 0.482 e. The van der Waals surface area contributed by atoms with Crippen LogP contribution in [0.1, 0.15) is 25.0 Å². The first-order valence-corrected chi connectivity index (χ1v) is 5.43. The van der Waals surface area contributed by atoms with Crippen molar-refractivity contribution in [1.82, 2.24) is 0 Å². The second-order valence-electron chi connectivity index (χ2n) is 3.63. The molecule has 0 bridgehead atoms. The highest BCUT2D eigenvalue weighted by atomic mass is 35.5. The lowest BCUT2D eigenvalue weighted by atomic mass is 10.1. The highest BCUT2D eigenvalue weighted by Gasteiger charge is 2.20. The predicted octanol–water partition coefficient (Wildman–Crippen LogP) is 2.11. The SMILES string of the molecule is CC[C@@H](O)c1cc2c(cc1Cl)NC(=O)CO2. The lowest BCUT2D eigenvalue weighted by Crippen LogP contribution is -2.25. The fraction of sp³-hybridized carbons (Fsp3) is 0.364. The summed E-state index contributed by atoms with van der Waals surface area (Å²) in [5, 5.41) is 12.8. The van der Waals surface area contributed by atoms with Crippen LogP contribution >= 0.6 is 11.6 Å². The maximum absolute atomic E-state index is 11.1. The molecule has 2 rings (SSSR count). The van der Waals surface area contributed by atoms with E-state index in [1.807, 2.05) is 6.92 Å². The number of hydrogen-bond donors (Lipinski definition) is 2. The average Bonchev–Trinajstić information content (AvgIpc) is 2.27. The molecular weight excluding hydrogens is 230 g/mol. The van der Waals surface area contributed by atoms with Crippen LogP contribution < -0.4 is 10.1 Å². The lowest BCUT2D eigenvalue weighted by Gasteiger charge is -2.20. The molecule has 1 aromatic carbocycles. The van der Waals surface area contributed by atoms with Crippen molar-refractivity contribution >= 4 is 23.2 Å². The molecule has 1 heterocycles. The van der Waals surface area contributed by atoms with Crippen LogP contribution in [-0.4, -0.2) is 17.6 Å². The number of fused-ring (bicyclic) bond motifs is 1. The molecule has 1 aliphatic heterocycles. The van der Waals surface area contributed by atoms with E-state index in [2.05, 4.69) is 5.32 Å². The number of anilines is 1. The van der Waals surface area contributed by atoms with Gasteiger partial charge in [0.15, 0.2) is 6.61 Å². The number of ether oxygens (including phenoxy) is 1. The molecule has 1 aromatic rings. The molecule has 1 amide bonds. The molecular formula is C11H12ClNO3. The van der Waals surface area contributed by atoms with Gasteiger partial charge < -0.3 is 15.2 Å². The number of hydrogen-bond acceptors (Lipinski definition) is 3. The predicted molar refractivity (Wildman–Crippen MR) is 60.8 cm³/mol. The summed E-state index contributed by atoms with van der Waals surface area (Å²) in [6, 6.07) is 3.27. The molecule has 0 fully saturated rings. The van der Waals surface area contributed by atoms with Crippen molar-refractivity contribution in [3.63, 3.8) is 0 Å². The van der Waals surface area contributed by atoms with E-state index in [1.165, 1.54) is 0 Å². The molecule has 0 spiro atoms. The highest BCUT2D eigenvalue weighted by Crippen LogP contribution is 2.36. The zero-order chi connectivity index (χ0) is 11.7. The van der Waals surface area contributed by atoms with Crippen LogP contribution in [0.15, 0.2) is 12.1 Å². The molecule has 86 valence electrons. The van der Waals surface area contributed by atoms with E-state index in [0.29, 0.717) is 28.4 Å². The first-order valence-electron chi connectivity index (χ1n) is 5.06. The Bertz CT molecular complexity index is 433. The minimum absolute atomic E-state index is 0.00368. The van der Waals surface area contributed by atoms with Crippen LogP contribution in [0.2, 0.25) is 5.02 Å². The summed E-state index contributed by atoms with van der Waals surface area (Å²) in [5.41, 5.74) is 1.17. The summed E-state index contributed by atoms with van der Waals surface area (Å²) in [5.74, 6) is 0.346. The van der Waals surface area contributed by atoms with E-state index in [4.69, 9.17) is 16.3 Å². The Balaban J connectivity index is 2.41. The molecule has 1 atom stereocenters. The number of benzene rings is 1. The summed E-state index contributed by atoms with van der Waals surface area (Å²) in [4.78, 5) is 11.1. The number of aliphatic hydroxyl groups excluding tert-OH is 1. The smallest absolute Gasteiger partial charge is 0.262 e. The van der Waals surface area contributed by atoms with Gasteiger partial charge in [-0.1, -0.05) is 18.5 Å². The number of carbonyl (C=O) groups excluding carboxylic acids is 1. The van der Waals surface area contributed by atoms with Gasteiger partial charge in [-0.25, -0.2) is 0 Å². The van der Waals surface area contributed by atoms with Crippen LogP contribution in [0.4, 0.5) is 5.69 Å². The molecule has 16 heavy (non-hydrogen) atoms. The van der Waals surface area contributed by atoms with E-state index >= 15 is 0 Å². The summed E-state index contributed by atoms with van der Waals surface area (Å²) in [6.45, 7) is 1.86. The number of amides is 1. The quantitative estimate of drug-likeness (QED) is 0.834. The summed E-state index contributed by atoms with van der Waals surface area (Å²) < 4.78 is 5.24. The average molecular weight is 242 g/mol. The maximum atomic E-state index is 11.1. The summed E-state index contributed by atoms with van der Waals surface area (Å²) >= 11 is 6.02. The third kappa shape index (κ3) is 1.99. The molecule has 0 aromatic heterocycles.